The third-order valence-electron chi connectivity index (χ3n) is 2.40. The molecule has 2 aromatic rings. The molecule has 17 heavy (non-hydrogen) atoms. The zero-order valence-electron chi connectivity index (χ0n) is 9.26. The molecule has 3 heteroatoms. The van der Waals surface area contributed by atoms with E-state index in [4.69, 9.17) is 0 Å². The van der Waals surface area contributed by atoms with Crippen LogP contribution in [0.3, 0.4) is 0 Å². The molecule has 0 spiro atoms. The molecule has 0 fully saturated rings. The second kappa shape index (κ2) is 5.55. The number of rotatable bonds is 3. The lowest BCUT2D eigenvalue weighted by atomic mass is 10.2. The van der Waals surface area contributed by atoms with Gasteiger partial charge in [-0.05, 0) is 23.8 Å². The number of carbonyl (C=O) groups is 1. The quantitative estimate of drug-likeness (QED) is 0.797. The lowest BCUT2D eigenvalue weighted by molar-refractivity contribution is 0.0950. The summed E-state index contributed by atoms with van der Waals surface area (Å²) in [5, 5.41) is 2.87. The third kappa shape index (κ3) is 3.36. The van der Waals surface area contributed by atoms with Crippen molar-refractivity contribution >= 4 is 18.5 Å². The van der Waals surface area contributed by atoms with Crippen molar-refractivity contribution in [3.63, 3.8) is 0 Å². The van der Waals surface area contributed by atoms with E-state index >= 15 is 0 Å². The number of thiol groups is 1. The lowest BCUT2D eigenvalue weighted by Crippen LogP contribution is -2.22. The molecule has 1 N–H and O–H groups in total. The maximum atomic E-state index is 11.8. The number of nitrogens with one attached hydrogen (secondary N) is 1. The lowest BCUT2D eigenvalue weighted by Gasteiger charge is -2.05. The summed E-state index contributed by atoms with van der Waals surface area (Å²) in [5.41, 5.74) is 1.72. The van der Waals surface area contributed by atoms with E-state index in [0.717, 1.165) is 10.5 Å². The second-order valence-electron chi connectivity index (χ2n) is 3.72. The van der Waals surface area contributed by atoms with E-state index in [2.05, 4.69) is 17.9 Å². The molecule has 0 saturated heterocycles. The van der Waals surface area contributed by atoms with Crippen molar-refractivity contribution in [3.05, 3.63) is 65.7 Å². The summed E-state index contributed by atoms with van der Waals surface area (Å²) in [6, 6.07) is 17.0. The number of hydrogen-bond acceptors (Lipinski definition) is 2. The van der Waals surface area contributed by atoms with Crippen molar-refractivity contribution in [2.24, 2.45) is 0 Å². The molecule has 0 aliphatic carbocycles. The molecule has 2 rings (SSSR count). The highest BCUT2D eigenvalue weighted by atomic mass is 32.1. The highest BCUT2D eigenvalue weighted by molar-refractivity contribution is 7.80. The molecule has 0 atom stereocenters. The maximum absolute atomic E-state index is 11.8. The highest BCUT2D eigenvalue weighted by Crippen LogP contribution is 2.09. The molecule has 1 amide bonds. The van der Waals surface area contributed by atoms with Crippen molar-refractivity contribution in [1.82, 2.24) is 5.32 Å². The number of hydrogen-bond donors (Lipinski definition) is 2. The van der Waals surface area contributed by atoms with Gasteiger partial charge in [-0.25, -0.2) is 0 Å². The first-order valence-electron chi connectivity index (χ1n) is 5.37. The number of amides is 1. The second-order valence-corrected chi connectivity index (χ2v) is 4.24. The summed E-state index contributed by atoms with van der Waals surface area (Å²) >= 11 is 4.21. The Hall–Kier alpha value is -1.74. The van der Waals surface area contributed by atoms with Crippen molar-refractivity contribution in [2.45, 2.75) is 11.4 Å². The summed E-state index contributed by atoms with van der Waals surface area (Å²) in [5.74, 6) is -0.0789. The van der Waals surface area contributed by atoms with Gasteiger partial charge >= 0.3 is 0 Å². The fourth-order valence-corrected chi connectivity index (χ4v) is 1.75. The summed E-state index contributed by atoms with van der Waals surface area (Å²) in [6.45, 7) is 0.538. The zero-order chi connectivity index (χ0) is 12.1. The summed E-state index contributed by atoms with van der Waals surface area (Å²) in [7, 11) is 0. The minimum absolute atomic E-state index is 0.0789. The van der Waals surface area contributed by atoms with Crippen LogP contribution in [-0.2, 0) is 6.54 Å². The molecule has 0 unspecified atom stereocenters. The molecule has 0 aliphatic heterocycles. The van der Waals surface area contributed by atoms with Crippen LogP contribution >= 0.6 is 12.6 Å². The van der Waals surface area contributed by atoms with Crippen LogP contribution in [0.15, 0.2) is 59.5 Å². The van der Waals surface area contributed by atoms with Crippen molar-refractivity contribution in [1.29, 1.82) is 0 Å². The van der Waals surface area contributed by atoms with Crippen LogP contribution in [0.5, 0.6) is 0 Å². The van der Waals surface area contributed by atoms with Gasteiger partial charge in [0.2, 0.25) is 0 Å². The normalized spacial score (nSPS) is 9.94. The van der Waals surface area contributed by atoms with E-state index in [0.29, 0.717) is 12.1 Å². The van der Waals surface area contributed by atoms with Crippen LogP contribution < -0.4 is 5.32 Å². The SMILES string of the molecule is O=C(NCc1ccccc1)c1cccc(S)c1. The van der Waals surface area contributed by atoms with Crippen molar-refractivity contribution in [2.75, 3.05) is 0 Å². The van der Waals surface area contributed by atoms with Gasteiger partial charge in [-0.3, -0.25) is 4.79 Å². The molecule has 2 aromatic carbocycles. The first-order chi connectivity index (χ1) is 8.25. The van der Waals surface area contributed by atoms with Crippen molar-refractivity contribution < 1.29 is 4.79 Å². The van der Waals surface area contributed by atoms with Gasteiger partial charge in [0.25, 0.3) is 5.91 Å². The van der Waals surface area contributed by atoms with Gasteiger partial charge in [-0.1, -0.05) is 36.4 Å². The largest absolute Gasteiger partial charge is 0.348 e. The molecule has 0 aromatic heterocycles. The van der Waals surface area contributed by atoms with E-state index < -0.39 is 0 Å². The van der Waals surface area contributed by atoms with Crippen LogP contribution in [0.4, 0.5) is 0 Å². The van der Waals surface area contributed by atoms with Gasteiger partial charge < -0.3 is 5.32 Å². The monoisotopic (exact) mass is 243 g/mol. The Bertz CT molecular complexity index is 511. The topological polar surface area (TPSA) is 29.1 Å². The molecule has 0 saturated carbocycles. The Morgan fingerprint density at radius 2 is 1.82 bits per heavy atom. The number of benzene rings is 2. The molecule has 2 nitrogen and oxygen atoms in total. The Labute approximate surface area is 106 Å². The van der Waals surface area contributed by atoms with Crippen LogP contribution in [0, 0.1) is 0 Å². The van der Waals surface area contributed by atoms with E-state index in [1.165, 1.54) is 0 Å². The summed E-state index contributed by atoms with van der Waals surface area (Å²) < 4.78 is 0. The fraction of sp³-hybridized carbons (Fsp3) is 0.0714. The predicted molar refractivity (Wildman–Crippen MR) is 71.3 cm³/mol. The molecular weight excluding hydrogens is 230 g/mol. The summed E-state index contributed by atoms with van der Waals surface area (Å²) in [6.07, 6.45) is 0. The first kappa shape index (κ1) is 11.7. The smallest absolute Gasteiger partial charge is 0.251 e. The molecule has 0 aliphatic rings. The minimum Gasteiger partial charge on any atom is -0.348 e. The highest BCUT2D eigenvalue weighted by Gasteiger charge is 2.04. The Kier molecular flexibility index (Phi) is 3.83. The predicted octanol–water partition coefficient (Wildman–Crippen LogP) is 2.91. The van der Waals surface area contributed by atoms with Gasteiger partial charge in [-0.15, -0.1) is 12.6 Å². The summed E-state index contributed by atoms with van der Waals surface area (Å²) in [4.78, 5) is 12.6. The average molecular weight is 243 g/mol. The van der Waals surface area contributed by atoms with Crippen LogP contribution in [0.25, 0.3) is 0 Å². The van der Waals surface area contributed by atoms with Crippen LogP contribution in [0.2, 0.25) is 0 Å². The van der Waals surface area contributed by atoms with Crippen LogP contribution in [0.1, 0.15) is 15.9 Å². The molecular formula is C14H13NOS. The van der Waals surface area contributed by atoms with Crippen LogP contribution in [-0.4, -0.2) is 5.91 Å². The Balaban J connectivity index is 1.98. The molecule has 0 heterocycles. The minimum atomic E-state index is -0.0789. The molecule has 86 valence electrons. The fourth-order valence-electron chi connectivity index (χ4n) is 1.53. The van der Waals surface area contributed by atoms with Gasteiger partial charge in [0.1, 0.15) is 0 Å². The first-order valence-corrected chi connectivity index (χ1v) is 5.81. The van der Waals surface area contributed by atoms with Crippen molar-refractivity contribution in [3.8, 4) is 0 Å². The van der Waals surface area contributed by atoms with Gasteiger partial charge in [0.15, 0.2) is 0 Å². The Morgan fingerprint density at radius 1 is 1.06 bits per heavy atom. The third-order valence-corrected chi connectivity index (χ3v) is 2.68. The standard InChI is InChI=1S/C14H13NOS/c16-14(12-7-4-8-13(17)9-12)15-10-11-5-2-1-3-6-11/h1-9,17H,10H2,(H,15,16). The van der Waals surface area contributed by atoms with E-state index in [-0.39, 0.29) is 5.91 Å². The average Bonchev–Trinajstić information content (AvgIpc) is 2.37. The van der Waals surface area contributed by atoms with E-state index in [1.54, 1.807) is 12.1 Å². The van der Waals surface area contributed by atoms with E-state index in [9.17, 15) is 4.79 Å². The van der Waals surface area contributed by atoms with Gasteiger partial charge in [0.05, 0.1) is 0 Å². The van der Waals surface area contributed by atoms with Gasteiger partial charge in [-0.2, -0.15) is 0 Å². The van der Waals surface area contributed by atoms with E-state index in [1.807, 2.05) is 42.5 Å². The molecule has 0 bridgehead atoms. The Morgan fingerprint density at radius 3 is 2.53 bits per heavy atom. The maximum Gasteiger partial charge on any atom is 0.251 e. The number of carbonyl (C=O) groups excluding carboxylic acids is 1. The zero-order valence-corrected chi connectivity index (χ0v) is 10.2. The molecule has 0 radical (unpaired) electrons. The van der Waals surface area contributed by atoms with Gasteiger partial charge in [0, 0.05) is 17.0 Å².